The monoisotopic (exact) mass is 266 g/mol. The summed E-state index contributed by atoms with van der Waals surface area (Å²) in [7, 11) is 3.12. The van der Waals surface area contributed by atoms with Gasteiger partial charge in [-0.15, -0.1) is 0 Å². The first-order valence-corrected chi connectivity index (χ1v) is 5.82. The molecule has 0 spiro atoms. The van der Waals surface area contributed by atoms with Gasteiger partial charge < -0.3 is 20.5 Å². The summed E-state index contributed by atoms with van der Waals surface area (Å²) in [6.45, 7) is -0.134. The summed E-state index contributed by atoms with van der Waals surface area (Å²) in [5, 5.41) is 2.43. The molecule has 6 nitrogen and oxygen atoms in total. The van der Waals surface area contributed by atoms with E-state index in [4.69, 9.17) is 15.2 Å². The zero-order valence-electron chi connectivity index (χ0n) is 11.1. The fourth-order valence-corrected chi connectivity index (χ4v) is 1.57. The average molecular weight is 266 g/mol. The van der Waals surface area contributed by atoms with Gasteiger partial charge in [0, 0.05) is 6.42 Å². The van der Waals surface area contributed by atoms with Crippen LogP contribution in [0.1, 0.15) is 12.0 Å². The van der Waals surface area contributed by atoms with Crippen LogP contribution in [0.25, 0.3) is 0 Å². The topological polar surface area (TPSA) is 90.6 Å². The number of hydrogen-bond donors (Lipinski definition) is 2. The molecule has 0 radical (unpaired) electrons. The molecular weight excluding hydrogens is 248 g/mol. The first kappa shape index (κ1) is 14.8. The molecule has 104 valence electrons. The number of primary amides is 1. The van der Waals surface area contributed by atoms with Crippen molar-refractivity contribution in [2.45, 2.75) is 12.8 Å². The van der Waals surface area contributed by atoms with Gasteiger partial charge >= 0.3 is 0 Å². The lowest BCUT2D eigenvalue weighted by molar-refractivity contribution is -0.124. The molecule has 0 saturated carbocycles. The maximum atomic E-state index is 11.4. The quantitative estimate of drug-likeness (QED) is 0.739. The molecule has 19 heavy (non-hydrogen) atoms. The normalized spacial score (nSPS) is 9.79. The lowest BCUT2D eigenvalue weighted by atomic mass is 10.1. The second kappa shape index (κ2) is 7.25. The highest BCUT2D eigenvalue weighted by atomic mass is 16.5. The van der Waals surface area contributed by atoms with Crippen molar-refractivity contribution >= 4 is 11.8 Å². The Bertz CT molecular complexity index is 460. The Balaban J connectivity index is 2.53. The number of ether oxygens (including phenoxy) is 2. The smallest absolute Gasteiger partial charge is 0.236 e. The molecule has 1 aromatic rings. The molecule has 0 unspecified atom stereocenters. The second-order valence-corrected chi connectivity index (χ2v) is 3.93. The number of carbonyl (C=O) groups excluding carboxylic acids is 2. The Hall–Kier alpha value is -2.24. The van der Waals surface area contributed by atoms with Gasteiger partial charge in [0.25, 0.3) is 0 Å². The highest BCUT2D eigenvalue weighted by Crippen LogP contribution is 2.27. The molecule has 0 aliphatic heterocycles. The van der Waals surface area contributed by atoms with Crippen molar-refractivity contribution < 1.29 is 19.1 Å². The van der Waals surface area contributed by atoms with Gasteiger partial charge in [-0.25, -0.2) is 0 Å². The van der Waals surface area contributed by atoms with E-state index in [1.807, 2.05) is 12.1 Å². The molecule has 2 amide bonds. The number of hydrogen-bond acceptors (Lipinski definition) is 4. The van der Waals surface area contributed by atoms with E-state index in [9.17, 15) is 9.59 Å². The van der Waals surface area contributed by atoms with Crippen LogP contribution >= 0.6 is 0 Å². The first-order chi connectivity index (χ1) is 9.06. The predicted molar refractivity (Wildman–Crippen MR) is 70.1 cm³/mol. The largest absolute Gasteiger partial charge is 0.493 e. The van der Waals surface area contributed by atoms with Crippen LogP contribution in [-0.4, -0.2) is 32.6 Å². The number of aryl methyl sites for hydroxylation is 1. The Morgan fingerprint density at radius 3 is 2.47 bits per heavy atom. The van der Waals surface area contributed by atoms with Crippen molar-refractivity contribution in [1.29, 1.82) is 0 Å². The molecule has 0 saturated heterocycles. The van der Waals surface area contributed by atoms with Gasteiger partial charge in [-0.2, -0.15) is 0 Å². The van der Waals surface area contributed by atoms with Gasteiger partial charge in [-0.1, -0.05) is 6.07 Å². The highest BCUT2D eigenvalue weighted by Gasteiger charge is 2.07. The number of carbonyl (C=O) groups is 2. The van der Waals surface area contributed by atoms with Crippen LogP contribution in [0.5, 0.6) is 11.5 Å². The molecule has 0 bridgehead atoms. The third-order valence-electron chi connectivity index (χ3n) is 2.55. The summed E-state index contributed by atoms with van der Waals surface area (Å²) in [4.78, 5) is 21.9. The molecule has 0 fully saturated rings. The van der Waals surface area contributed by atoms with Crippen LogP contribution in [0.3, 0.4) is 0 Å². The average Bonchev–Trinajstić information content (AvgIpc) is 2.42. The Labute approximate surface area is 111 Å². The van der Waals surface area contributed by atoms with E-state index < -0.39 is 5.91 Å². The van der Waals surface area contributed by atoms with Crippen LogP contribution in [-0.2, 0) is 16.0 Å². The molecule has 0 atom stereocenters. The van der Waals surface area contributed by atoms with Gasteiger partial charge in [0.05, 0.1) is 20.8 Å². The Kier molecular flexibility index (Phi) is 5.66. The summed E-state index contributed by atoms with van der Waals surface area (Å²) in [6, 6.07) is 5.47. The maximum Gasteiger partial charge on any atom is 0.236 e. The first-order valence-electron chi connectivity index (χ1n) is 5.82. The minimum absolute atomic E-state index is 0.134. The summed E-state index contributed by atoms with van der Waals surface area (Å²) in [5.74, 6) is 0.495. The summed E-state index contributed by atoms with van der Waals surface area (Å²) >= 11 is 0. The van der Waals surface area contributed by atoms with E-state index >= 15 is 0 Å². The number of rotatable bonds is 7. The van der Waals surface area contributed by atoms with Crippen LogP contribution in [0.4, 0.5) is 0 Å². The predicted octanol–water partition coefficient (Wildman–Crippen LogP) is 0.238. The molecule has 6 heteroatoms. The third-order valence-corrected chi connectivity index (χ3v) is 2.55. The molecule has 0 aliphatic rings. The van der Waals surface area contributed by atoms with E-state index in [1.54, 1.807) is 20.3 Å². The standard InChI is InChI=1S/C13H18N2O4/c1-18-10-5-3-9(7-11(10)19-2)4-6-13(17)15-8-12(14)16/h3,5,7H,4,6,8H2,1-2H3,(H2,14,16)(H,15,17). The lowest BCUT2D eigenvalue weighted by Gasteiger charge is -2.09. The lowest BCUT2D eigenvalue weighted by Crippen LogP contribution is -2.33. The molecule has 0 heterocycles. The minimum atomic E-state index is -0.556. The molecule has 1 rings (SSSR count). The number of nitrogens with two attached hydrogens (primary N) is 1. The van der Waals surface area contributed by atoms with Crippen molar-refractivity contribution in [3.05, 3.63) is 23.8 Å². The number of methoxy groups -OCH3 is 2. The van der Waals surface area contributed by atoms with Crippen LogP contribution in [0.15, 0.2) is 18.2 Å². The molecule has 0 aromatic heterocycles. The molecular formula is C13H18N2O4. The summed E-state index contributed by atoms with van der Waals surface area (Å²) in [5.41, 5.74) is 5.88. The van der Waals surface area contributed by atoms with E-state index in [2.05, 4.69) is 5.32 Å². The van der Waals surface area contributed by atoms with Gasteiger partial charge in [0.15, 0.2) is 11.5 Å². The number of nitrogens with one attached hydrogen (secondary N) is 1. The number of benzene rings is 1. The zero-order valence-corrected chi connectivity index (χ0v) is 11.1. The van der Waals surface area contributed by atoms with Crippen LogP contribution in [0.2, 0.25) is 0 Å². The highest BCUT2D eigenvalue weighted by molar-refractivity contribution is 5.83. The third kappa shape index (κ3) is 4.87. The van der Waals surface area contributed by atoms with E-state index in [1.165, 1.54) is 0 Å². The SMILES string of the molecule is COc1ccc(CCC(=O)NCC(N)=O)cc1OC. The summed E-state index contributed by atoms with van der Waals surface area (Å²) in [6.07, 6.45) is 0.827. The number of amides is 2. The van der Waals surface area contributed by atoms with Gasteiger partial charge in [-0.05, 0) is 24.1 Å². The zero-order chi connectivity index (χ0) is 14.3. The van der Waals surface area contributed by atoms with E-state index in [0.717, 1.165) is 5.56 Å². The molecule has 1 aromatic carbocycles. The van der Waals surface area contributed by atoms with E-state index in [-0.39, 0.29) is 18.9 Å². The van der Waals surface area contributed by atoms with Crippen LogP contribution in [0, 0.1) is 0 Å². The van der Waals surface area contributed by atoms with Crippen molar-refractivity contribution in [2.75, 3.05) is 20.8 Å². The van der Waals surface area contributed by atoms with Crippen LogP contribution < -0.4 is 20.5 Å². The van der Waals surface area contributed by atoms with Gasteiger partial charge in [-0.3, -0.25) is 9.59 Å². The molecule has 3 N–H and O–H groups in total. The fourth-order valence-electron chi connectivity index (χ4n) is 1.57. The van der Waals surface area contributed by atoms with Crippen molar-refractivity contribution in [1.82, 2.24) is 5.32 Å². The minimum Gasteiger partial charge on any atom is -0.493 e. The summed E-state index contributed by atoms with van der Waals surface area (Å²) < 4.78 is 10.3. The maximum absolute atomic E-state index is 11.4. The van der Waals surface area contributed by atoms with Crippen molar-refractivity contribution in [3.8, 4) is 11.5 Å². The van der Waals surface area contributed by atoms with Crippen molar-refractivity contribution in [2.24, 2.45) is 5.73 Å². The Morgan fingerprint density at radius 1 is 1.21 bits per heavy atom. The van der Waals surface area contributed by atoms with Gasteiger partial charge in [0.2, 0.25) is 11.8 Å². The second-order valence-electron chi connectivity index (χ2n) is 3.93. The van der Waals surface area contributed by atoms with E-state index in [0.29, 0.717) is 17.9 Å². The molecule has 0 aliphatic carbocycles. The van der Waals surface area contributed by atoms with Gasteiger partial charge in [0.1, 0.15) is 0 Å². The Morgan fingerprint density at radius 2 is 1.89 bits per heavy atom. The fraction of sp³-hybridized carbons (Fsp3) is 0.385. The van der Waals surface area contributed by atoms with Crippen molar-refractivity contribution in [3.63, 3.8) is 0 Å².